The summed E-state index contributed by atoms with van der Waals surface area (Å²) < 4.78 is 4.26. The van der Waals surface area contributed by atoms with E-state index in [0.29, 0.717) is 11.0 Å². The van der Waals surface area contributed by atoms with Crippen molar-refractivity contribution < 1.29 is 4.79 Å². The number of nitrogens with one attached hydrogen (secondary N) is 1. The van der Waals surface area contributed by atoms with Crippen LogP contribution in [0.1, 0.15) is 0 Å². The fourth-order valence-corrected chi connectivity index (χ4v) is 3.91. The lowest BCUT2D eigenvalue weighted by Gasteiger charge is -2.25. The highest BCUT2D eigenvalue weighted by Crippen LogP contribution is 2.25. The normalized spacial score (nSPS) is 15.5. The average Bonchev–Trinajstić information content (AvgIpc) is 3.10. The Balaban J connectivity index is 1.65. The number of carbonyl (C=O) groups is 1. The van der Waals surface area contributed by atoms with Crippen LogP contribution in [-0.2, 0) is 0 Å². The van der Waals surface area contributed by atoms with Crippen molar-refractivity contribution in [2.75, 3.05) is 29.9 Å². The maximum absolute atomic E-state index is 12.0. The molecule has 19 heavy (non-hydrogen) atoms. The maximum Gasteiger partial charge on any atom is 0.323 e. The number of hydrogen-bond donors (Lipinski definition) is 1. The Kier molecular flexibility index (Phi) is 4.00. The van der Waals surface area contributed by atoms with Crippen molar-refractivity contribution in [3.8, 4) is 10.7 Å². The van der Waals surface area contributed by atoms with Crippen LogP contribution in [0.2, 0.25) is 0 Å². The number of urea groups is 1. The molecule has 1 saturated heterocycles. The number of rotatable bonds is 2. The molecule has 0 radical (unpaired) electrons. The zero-order chi connectivity index (χ0) is 13.1. The number of nitrogens with zero attached hydrogens (tertiary/aromatic N) is 3. The standard InChI is InChI=1S/C11H12N4OS3/c16-11(15-3-6-17-7-4-15)13-10-12-9(14-19-10)8-2-1-5-18-8/h1-2,5H,3-4,6-7H2,(H,12,13,14,16). The van der Waals surface area contributed by atoms with Gasteiger partial charge in [0, 0.05) is 36.1 Å². The van der Waals surface area contributed by atoms with Gasteiger partial charge in [0.25, 0.3) is 0 Å². The fraction of sp³-hybridized carbons (Fsp3) is 0.364. The van der Waals surface area contributed by atoms with Crippen molar-refractivity contribution in [2.24, 2.45) is 0 Å². The highest BCUT2D eigenvalue weighted by Gasteiger charge is 2.18. The lowest BCUT2D eigenvalue weighted by Crippen LogP contribution is -2.40. The largest absolute Gasteiger partial charge is 0.323 e. The van der Waals surface area contributed by atoms with Gasteiger partial charge in [0.1, 0.15) is 0 Å². The third-order valence-corrected chi connectivity index (χ3v) is 5.12. The van der Waals surface area contributed by atoms with Crippen molar-refractivity contribution in [1.29, 1.82) is 0 Å². The molecular weight excluding hydrogens is 300 g/mol. The number of carbonyl (C=O) groups excluding carboxylic acids is 1. The Labute approximate surface area is 123 Å². The highest BCUT2D eigenvalue weighted by molar-refractivity contribution is 7.99. The first kappa shape index (κ1) is 12.9. The SMILES string of the molecule is O=C(Nc1nc(-c2cccs2)ns1)N1CCSCC1. The van der Waals surface area contributed by atoms with E-state index < -0.39 is 0 Å². The monoisotopic (exact) mass is 312 g/mol. The highest BCUT2D eigenvalue weighted by atomic mass is 32.2. The predicted molar refractivity (Wildman–Crippen MR) is 81.1 cm³/mol. The van der Waals surface area contributed by atoms with E-state index in [1.54, 1.807) is 11.3 Å². The van der Waals surface area contributed by atoms with E-state index in [4.69, 9.17) is 0 Å². The maximum atomic E-state index is 12.0. The molecule has 3 heterocycles. The van der Waals surface area contributed by atoms with Crippen LogP contribution in [0.3, 0.4) is 0 Å². The number of thioether (sulfide) groups is 1. The minimum Gasteiger partial charge on any atom is -0.323 e. The molecule has 0 aromatic carbocycles. The van der Waals surface area contributed by atoms with E-state index in [1.165, 1.54) is 11.5 Å². The molecule has 0 unspecified atom stereocenters. The van der Waals surface area contributed by atoms with Crippen LogP contribution in [0, 0.1) is 0 Å². The number of thiophene rings is 1. The van der Waals surface area contributed by atoms with E-state index in [0.717, 1.165) is 29.5 Å². The van der Waals surface area contributed by atoms with Crippen molar-refractivity contribution in [3.05, 3.63) is 17.5 Å². The summed E-state index contributed by atoms with van der Waals surface area (Å²) >= 11 is 4.69. The van der Waals surface area contributed by atoms with Gasteiger partial charge in [-0.25, -0.2) is 4.79 Å². The van der Waals surface area contributed by atoms with E-state index in [-0.39, 0.29) is 6.03 Å². The van der Waals surface area contributed by atoms with Gasteiger partial charge in [-0.15, -0.1) is 11.3 Å². The number of amides is 2. The summed E-state index contributed by atoms with van der Waals surface area (Å²) in [6.45, 7) is 1.60. The molecule has 2 aromatic rings. The van der Waals surface area contributed by atoms with Crippen LogP contribution in [0.4, 0.5) is 9.93 Å². The molecule has 1 aliphatic heterocycles. The van der Waals surface area contributed by atoms with Gasteiger partial charge in [-0.2, -0.15) is 21.1 Å². The lowest BCUT2D eigenvalue weighted by atomic mass is 10.4. The van der Waals surface area contributed by atoms with E-state index in [2.05, 4.69) is 14.7 Å². The second-order valence-corrected chi connectivity index (χ2v) is 6.85. The Morgan fingerprint density at radius 1 is 1.37 bits per heavy atom. The zero-order valence-corrected chi connectivity index (χ0v) is 12.5. The van der Waals surface area contributed by atoms with Crippen molar-refractivity contribution in [3.63, 3.8) is 0 Å². The lowest BCUT2D eigenvalue weighted by molar-refractivity contribution is 0.217. The van der Waals surface area contributed by atoms with Crippen LogP contribution in [0.5, 0.6) is 0 Å². The first-order valence-electron chi connectivity index (χ1n) is 5.84. The molecule has 2 amide bonds. The Morgan fingerprint density at radius 2 is 2.21 bits per heavy atom. The first-order chi connectivity index (χ1) is 9.33. The molecule has 1 N–H and O–H groups in total. The summed E-state index contributed by atoms with van der Waals surface area (Å²) in [6, 6.07) is 3.86. The minimum atomic E-state index is -0.0748. The number of aromatic nitrogens is 2. The van der Waals surface area contributed by atoms with Gasteiger partial charge in [-0.3, -0.25) is 5.32 Å². The topological polar surface area (TPSA) is 58.1 Å². The Bertz CT molecular complexity index is 548. The van der Waals surface area contributed by atoms with Crippen molar-refractivity contribution in [2.45, 2.75) is 0 Å². The summed E-state index contributed by atoms with van der Waals surface area (Å²) in [4.78, 5) is 19.2. The molecule has 0 atom stereocenters. The number of hydrogen-bond acceptors (Lipinski definition) is 6. The van der Waals surface area contributed by atoms with Crippen LogP contribution < -0.4 is 5.32 Å². The summed E-state index contributed by atoms with van der Waals surface area (Å²) in [5.41, 5.74) is 0. The molecule has 0 aliphatic carbocycles. The molecule has 5 nitrogen and oxygen atoms in total. The molecule has 8 heteroatoms. The second kappa shape index (κ2) is 5.89. The van der Waals surface area contributed by atoms with Gasteiger partial charge in [-0.05, 0) is 11.4 Å². The molecule has 1 aliphatic rings. The quantitative estimate of drug-likeness (QED) is 0.926. The van der Waals surface area contributed by atoms with Crippen molar-refractivity contribution in [1.82, 2.24) is 14.3 Å². The molecule has 3 rings (SSSR count). The van der Waals surface area contributed by atoms with Gasteiger partial charge in [0.2, 0.25) is 5.13 Å². The van der Waals surface area contributed by atoms with Gasteiger partial charge < -0.3 is 4.90 Å². The molecule has 0 bridgehead atoms. The molecule has 0 spiro atoms. The van der Waals surface area contributed by atoms with Gasteiger partial charge in [0.15, 0.2) is 5.82 Å². The zero-order valence-electron chi connectivity index (χ0n) is 10.0. The molecular formula is C11H12N4OS3. The average molecular weight is 312 g/mol. The summed E-state index contributed by atoms with van der Waals surface area (Å²) in [7, 11) is 0. The van der Waals surface area contributed by atoms with Crippen LogP contribution in [0.15, 0.2) is 17.5 Å². The molecule has 100 valence electrons. The molecule has 2 aromatic heterocycles. The summed E-state index contributed by atoms with van der Waals surface area (Å²) in [6.07, 6.45) is 0. The third kappa shape index (κ3) is 3.07. The Hall–Kier alpha value is -1.12. The van der Waals surface area contributed by atoms with Crippen LogP contribution in [-0.4, -0.2) is 44.9 Å². The van der Waals surface area contributed by atoms with Crippen LogP contribution >= 0.6 is 34.6 Å². The van der Waals surface area contributed by atoms with Gasteiger partial charge >= 0.3 is 6.03 Å². The van der Waals surface area contributed by atoms with E-state index in [9.17, 15) is 4.79 Å². The van der Waals surface area contributed by atoms with Crippen LogP contribution in [0.25, 0.3) is 10.7 Å². The first-order valence-corrected chi connectivity index (χ1v) is 8.65. The summed E-state index contributed by atoms with van der Waals surface area (Å²) in [5, 5.41) is 5.37. The molecule has 1 fully saturated rings. The third-order valence-electron chi connectivity index (χ3n) is 2.68. The van der Waals surface area contributed by atoms with Gasteiger partial charge in [0.05, 0.1) is 4.88 Å². The second-order valence-electron chi connectivity index (χ2n) is 3.93. The summed E-state index contributed by atoms with van der Waals surface area (Å²) in [5.74, 6) is 2.69. The Morgan fingerprint density at radius 3 is 2.95 bits per heavy atom. The predicted octanol–water partition coefficient (Wildman–Crippen LogP) is 2.85. The van der Waals surface area contributed by atoms with Crippen molar-refractivity contribution >= 4 is 45.8 Å². The van der Waals surface area contributed by atoms with Gasteiger partial charge in [-0.1, -0.05) is 6.07 Å². The fourth-order valence-electron chi connectivity index (χ4n) is 1.72. The number of anilines is 1. The minimum absolute atomic E-state index is 0.0748. The molecule has 0 saturated carbocycles. The van der Waals surface area contributed by atoms with E-state index >= 15 is 0 Å². The van der Waals surface area contributed by atoms with E-state index in [1.807, 2.05) is 34.2 Å². The smallest absolute Gasteiger partial charge is 0.323 e.